The molecule has 1 unspecified atom stereocenters. The summed E-state index contributed by atoms with van der Waals surface area (Å²) in [5.74, 6) is -2.22. The van der Waals surface area contributed by atoms with Crippen LogP contribution in [0.1, 0.15) is 39.8 Å². The molecule has 2 N–H and O–H groups in total. The fourth-order valence-corrected chi connectivity index (χ4v) is 6.64. The van der Waals surface area contributed by atoms with Crippen LogP contribution in [0, 0.1) is 6.92 Å². The van der Waals surface area contributed by atoms with Crippen LogP contribution >= 0.6 is 11.5 Å². The van der Waals surface area contributed by atoms with E-state index in [1.807, 2.05) is 72.8 Å². The average Bonchev–Trinajstić information content (AvgIpc) is 3.39. The van der Waals surface area contributed by atoms with Crippen LogP contribution in [0.5, 0.6) is 0 Å². The summed E-state index contributed by atoms with van der Waals surface area (Å²) in [5, 5.41) is 9.15. The molecule has 8 nitrogen and oxygen atoms in total. The van der Waals surface area contributed by atoms with Crippen molar-refractivity contribution in [2.75, 3.05) is 23.8 Å². The maximum absolute atomic E-state index is 13.1. The molecule has 3 aromatic carbocycles. The summed E-state index contributed by atoms with van der Waals surface area (Å²) in [6, 6.07) is 22.7. The summed E-state index contributed by atoms with van der Waals surface area (Å²) in [6.07, 6.45) is -4.28. The van der Waals surface area contributed by atoms with Gasteiger partial charge in [-0.3, -0.25) is 9.59 Å². The Morgan fingerprint density at radius 3 is 2.48 bits per heavy atom. The van der Waals surface area contributed by atoms with Gasteiger partial charge in [-0.15, -0.1) is 5.10 Å². The highest BCUT2D eigenvalue weighted by Gasteiger charge is 2.46. The van der Waals surface area contributed by atoms with Crippen molar-refractivity contribution in [1.82, 2.24) is 19.4 Å². The normalized spacial score (nSPS) is 21.4. The van der Waals surface area contributed by atoms with Crippen LogP contribution in [0.2, 0.25) is 0 Å². The van der Waals surface area contributed by atoms with Crippen molar-refractivity contribution in [2.45, 2.75) is 38.0 Å². The minimum absolute atomic E-state index is 0.254. The van der Waals surface area contributed by atoms with Crippen LogP contribution in [-0.4, -0.2) is 47.2 Å². The molecule has 216 valence electrons. The topological polar surface area (TPSA) is 87.2 Å². The van der Waals surface area contributed by atoms with Crippen LogP contribution in [-0.2, 0) is 4.79 Å². The summed E-state index contributed by atoms with van der Waals surface area (Å²) >= 11 is 1.03. The molecule has 3 atom stereocenters. The van der Waals surface area contributed by atoms with Gasteiger partial charge < -0.3 is 15.5 Å². The molecule has 2 amide bonds. The first-order chi connectivity index (χ1) is 20.1. The van der Waals surface area contributed by atoms with Gasteiger partial charge in [-0.05, 0) is 55.6 Å². The zero-order chi connectivity index (χ0) is 29.6. The largest absolute Gasteiger partial charge is 0.471 e. The van der Waals surface area contributed by atoms with Gasteiger partial charge in [0.25, 0.3) is 5.91 Å². The van der Waals surface area contributed by atoms with Crippen LogP contribution in [0.25, 0.3) is 0 Å². The summed E-state index contributed by atoms with van der Waals surface area (Å²) in [7, 11) is 2.08. The first kappa shape index (κ1) is 27.9. The predicted octanol–water partition coefficient (Wildman–Crippen LogP) is 6.40. The molecule has 1 fully saturated rings. The number of nitrogens with zero attached hydrogens (tertiary/aromatic N) is 4. The van der Waals surface area contributed by atoms with Gasteiger partial charge in [-0.1, -0.05) is 40.9 Å². The Labute approximate surface area is 244 Å². The molecule has 6 rings (SSSR count). The standard InChI is InChI=1S/C30H27F3N6O2S/c1-18-27(42-37-36-18)28(40)34-19-12-13-23-26(17-19)39(2,21-8-4-3-5-9-21)25-11-7-6-10-22(25)24-16-20(14-15-38(23)24)35-29(41)30(31,32)33/h3-13,17,20,24H,14-16H2,1-2H3,(H-,34,35,40,41)/p+1/t20-,24-,39?/m1/s1. The molecular weight excluding hydrogens is 565 g/mol. The lowest BCUT2D eigenvalue weighted by molar-refractivity contribution is -0.174. The fourth-order valence-electron chi connectivity index (χ4n) is 6.09. The van der Waals surface area contributed by atoms with Crippen molar-refractivity contribution in [2.24, 2.45) is 0 Å². The monoisotopic (exact) mass is 593 g/mol. The predicted molar refractivity (Wildman–Crippen MR) is 156 cm³/mol. The maximum atomic E-state index is 13.1. The first-order valence-corrected chi connectivity index (χ1v) is 14.3. The molecule has 0 radical (unpaired) electrons. The highest BCUT2D eigenvalue weighted by Crippen LogP contribution is 2.55. The lowest BCUT2D eigenvalue weighted by atomic mass is 9.90. The molecule has 12 heteroatoms. The van der Waals surface area contributed by atoms with Crippen molar-refractivity contribution >= 4 is 51.8 Å². The zero-order valence-electron chi connectivity index (χ0n) is 22.9. The number of aryl methyl sites for hydroxylation is 1. The van der Waals surface area contributed by atoms with Gasteiger partial charge >= 0.3 is 12.1 Å². The fraction of sp³-hybridized carbons (Fsp3) is 0.267. The van der Waals surface area contributed by atoms with Gasteiger partial charge in [0, 0.05) is 36.0 Å². The summed E-state index contributed by atoms with van der Waals surface area (Å²) in [5.41, 5.74) is 5.82. The molecule has 1 aromatic heterocycles. The average molecular weight is 594 g/mol. The second-order valence-corrected chi connectivity index (χ2v) is 11.4. The van der Waals surface area contributed by atoms with E-state index in [4.69, 9.17) is 0 Å². The number of aromatic nitrogens is 2. The van der Waals surface area contributed by atoms with E-state index in [1.54, 1.807) is 6.92 Å². The van der Waals surface area contributed by atoms with Crippen LogP contribution in [0.4, 0.5) is 41.6 Å². The first-order valence-electron chi connectivity index (χ1n) is 13.5. The van der Waals surface area contributed by atoms with Crippen molar-refractivity contribution in [3.8, 4) is 0 Å². The number of para-hydroxylation sites is 2. The Morgan fingerprint density at radius 1 is 1.02 bits per heavy atom. The summed E-state index contributed by atoms with van der Waals surface area (Å²) < 4.78 is 43.4. The van der Waals surface area contributed by atoms with Crippen molar-refractivity contribution in [1.29, 1.82) is 0 Å². The molecule has 2 aliphatic rings. The number of anilines is 2. The minimum atomic E-state index is -4.94. The number of benzene rings is 3. The Balaban J connectivity index is 1.48. The molecule has 0 aliphatic carbocycles. The summed E-state index contributed by atoms with van der Waals surface area (Å²) in [4.78, 5) is 27.5. The summed E-state index contributed by atoms with van der Waals surface area (Å²) in [6.45, 7) is 2.16. The molecule has 1 saturated heterocycles. The SMILES string of the molecule is Cc1nnsc1C(=O)Nc1ccc2c(c1)[N+](C)(c1ccccc1)c1ccccc1[C@H]1C[C@H](NC(=O)C(F)(F)F)CCN21. The molecule has 3 heterocycles. The number of carbonyl (C=O) groups excluding carboxylic acids is 2. The molecular formula is C30H28F3N6O2S+. The maximum Gasteiger partial charge on any atom is 0.471 e. The zero-order valence-corrected chi connectivity index (χ0v) is 23.7. The van der Waals surface area contributed by atoms with Gasteiger partial charge in [0.15, 0.2) is 5.69 Å². The van der Waals surface area contributed by atoms with Gasteiger partial charge in [0.1, 0.15) is 21.9 Å². The van der Waals surface area contributed by atoms with Gasteiger partial charge in [0.05, 0.1) is 18.8 Å². The Hall–Kier alpha value is -4.29. The number of hydrogen-bond acceptors (Lipinski definition) is 6. The lowest BCUT2D eigenvalue weighted by Crippen LogP contribution is -2.49. The third-order valence-electron chi connectivity index (χ3n) is 8.13. The minimum Gasteiger partial charge on any atom is -0.359 e. The Kier molecular flexibility index (Phi) is 6.98. The Bertz CT molecular complexity index is 1660. The molecule has 0 saturated carbocycles. The molecule has 0 spiro atoms. The number of hydrogen-bond donors (Lipinski definition) is 2. The molecule has 0 bridgehead atoms. The van der Waals surface area contributed by atoms with Crippen LogP contribution in [0.3, 0.4) is 0 Å². The third kappa shape index (κ3) is 4.80. The van der Waals surface area contributed by atoms with E-state index in [2.05, 4.69) is 32.2 Å². The number of carbonyl (C=O) groups is 2. The second-order valence-electron chi connectivity index (χ2n) is 10.6. The smallest absolute Gasteiger partial charge is 0.359 e. The van der Waals surface area contributed by atoms with E-state index in [-0.39, 0.29) is 16.4 Å². The highest BCUT2D eigenvalue weighted by atomic mass is 32.1. The highest BCUT2D eigenvalue weighted by molar-refractivity contribution is 7.08. The number of amides is 2. The number of piperidine rings is 1. The van der Waals surface area contributed by atoms with E-state index < -0.39 is 18.1 Å². The van der Waals surface area contributed by atoms with Crippen LogP contribution in [0.15, 0.2) is 72.8 Å². The number of alkyl halides is 3. The van der Waals surface area contributed by atoms with Crippen molar-refractivity contribution < 1.29 is 22.8 Å². The van der Waals surface area contributed by atoms with E-state index in [0.29, 0.717) is 35.6 Å². The number of rotatable bonds is 4. The molecule has 2 aliphatic heterocycles. The van der Waals surface area contributed by atoms with Crippen LogP contribution < -0.4 is 20.0 Å². The van der Waals surface area contributed by atoms with Gasteiger partial charge in [-0.2, -0.15) is 13.2 Å². The second kappa shape index (κ2) is 10.5. The van der Waals surface area contributed by atoms with E-state index >= 15 is 0 Å². The number of quaternary nitrogens is 1. The van der Waals surface area contributed by atoms with Crippen molar-refractivity contribution in [3.05, 3.63) is 88.9 Å². The third-order valence-corrected chi connectivity index (χ3v) is 8.95. The number of halogens is 3. The van der Waals surface area contributed by atoms with Gasteiger partial charge in [-0.25, -0.2) is 4.48 Å². The quantitative estimate of drug-likeness (QED) is 0.268. The van der Waals surface area contributed by atoms with Gasteiger partial charge in [0.2, 0.25) is 0 Å². The lowest BCUT2D eigenvalue weighted by Gasteiger charge is -2.40. The van der Waals surface area contributed by atoms with E-state index in [0.717, 1.165) is 39.8 Å². The van der Waals surface area contributed by atoms with E-state index in [1.165, 1.54) is 0 Å². The number of nitrogens with one attached hydrogen (secondary N) is 2. The molecule has 4 aromatic rings. The number of fused-ring (bicyclic) bond motifs is 5. The van der Waals surface area contributed by atoms with Crippen molar-refractivity contribution in [3.63, 3.8) is 0 Å². The molecule has 42 heavy (non-hydrogen) atoms. The van der Waals surface area contributed by atoms with E-state index in [9.17, 15) is 22.8 Å². The Morgan fingerprint density at radius 2 is 1.76 bits per heavy atom.